The van der Waals surface area contributed by atoms with Gasteiger partial charge in [-0.1, -0.05) is 11.6 Å². The molecule has 1 aromatic carbocycles. The van der Waals surface area contributed by atoms with Crippen LogP contribution in [0.4, 0.5) is 0 Å². The molecule has 124 valence electrons. The summed E-state index contributed by atoms with van der Waals surface area (Å²) in [5.74, 6) is 0.742. The van der Waals surface area contributed by atoms with E-state index in [1.54, 1.807) is 38.1 Å². The van der Waals surface area contributed by atoms with Crippen LogP contribution in [0.25, 0.3) is 0 Å². The van der Waals surface area contributed by atoms with Gasteiger partial charge in [0.15, 0.2) is 6.10 Å². The van der Waals surface area contributed by atoms with Crippen LogP contribution in [-0.2, 0) is 9.53 Å². The Hall–Kier alpha value is -2.78. The molecule has 0 aliphatic carbocycles. The number of nitriles is 1. The second kappa shape index (κ2) is 7.66. The molecule has 1 unspecified atom stereocenters. The van der Waals surface area contributed by atoms with Crippen molar-refractivity contribution in [1.82, 2.24) is 4.98 Å². The Labute approximate surface area is 144 Å². The van der Waals surface area contributed by atoms with Crippen molar-refractivity contribution in [2.75, 3.05) is 7.11 Å². The van der Waals surface area contributed by atoms with Crippen molar-refractivity contribution in [2.24, 2.45) is 0 Å². The van der Waals surface area contributed by atoms with Crippen LogP contribution < -0.4 is 9.47 Å². The van der Waals surface area contributed by atoms with E-state index in [0.29, 0.717) is 22.8 Å². The molecule has 1 aromatic heterocycles. The van der Waals surface area contributed by atoms with Crippen molar-refractivity contribution < 1.29 is 19.0 Å². The maximum atomic E-state index is 11.3. The molecule has 0 spiro atoms. The molecular weight excluding hydrogens is 332 g/mol. The van der Waals surface area contributed by atoms with Crippen LogP contribution in [0, 0.1) is 18.3 Å². The zero-order chi connectivity index (χ0) is 17.7. The molecular formula is C17H15ClN2O4. The third-order valence-electron chi connectivity index (χ3n) is 3.14. The zero-order valence-electron chi connectivity index (χ0n) is 13.4. The molecule has 6 nitrogen and oxygen atoms in total. The number of aromatic nitrogens is 1. The summed E-state index contributed by atoms with van der Waals surface area (Å²) in [5.41, 5.74) is 0.927. The van der Waals surface area contributed by atoms with Crippen LogP contribution in [0.1, 0.15) is 18.2 Å². The average Bonchev–Trinajstić information content (AvgIpc) is 2.58. The van der Waals surface area contributed by atoms with E-state index in [9.17, 15) is 4.79 Å². The Kier molecular flexibility index (Phi) is 5.61. The largest absolute Gasteiger partial charge is 0.479 e. The van der Waals surface area contributed by atoms with Crippen LogP contribution in [0.5, 0.6) is 17.4 Å². The van der Waals surface area contributed by atoms with E-state index >= 15 is 0 Å². The van der Waals surface area contributed by atoms with Crippen molar-refractivity contribution in [3.63, 3.8) is 0 Å². The number of ether oxygens (including phenoxy) is 3. The van der Waals surface area contributed by atoms with E-state index in [2.05, 4.69) is 9.72 Å². The van der Waals surface area contributed by atoms with Gasteiger partial charge < -0.3 is 14.2 Å². The number of aryl methyl sites for hydroxylation is 1. The predicted octanol–water partition coefficient (Wildman–Crippen LogP) is 3.65. The molecule has 0 bridgehead atoms. The molecule has 1 heterocycles. The lowest BCUT2D eigenvalue weighted by atomic mass is 10.2. The number of nitrogens with zero attached hydrogens (tertiary/aromatic N) is 2. The zero-order valence-corrected chi connectivity index (χ0v) is 14.1. The standard InChI is InChI=1S/C17H15ClN2O4/c1-10-12(9-19)8-15(18)16(20-10)24-14-6-4-13(5-7-14)23-11(2)17(21)22-3/h4-8,11H,1-3H3. The highest BCUT2D eigenvalue weighted by atomic mass is 35.5. The quantitative estimate of drug-likeness (QED) is 0.769. The minimum atomic E-state index is -0.709. The fraction of sp³-hybridized carbons (Fsp3) is 0.235. The summed E-state index contributed by atoms with van der Waals surface area (Å²) < 4.78 is 15.7. The molecule has 1 atom stereocenters. The van der Waals surface area contributed by atoms with E-state index in [1.165, 1.54) is 13.2 Å². The molecule has 7 heteroatoms. The third-order valence-corrected chi connectivity index (χ3v) is 3.41. The van der Waals surface area contributed by atoms with Gasteiger partial charge in [-0.2, -0.15) is 5.26 Å². The minimum absolute atomic E-state index is 0.213. The average molecular weight is 347 g/mol. The summed E-state index contributed by atoms with van der Waals surface area (Å²) in [6.45, 7) is 3.30. The van der Waals surface area contributed by atoms with Gasteiger partial charge in [0, 0.05) is 0 Å². The molecule has 0 saturated heterocycles. The highest BCUT2D eigenvalue weighted by Gasteiger charge is 2.15. The molecule has 0 aliphatic rings. The van der Waals surface area contributed by atoms with Crippen molar-refractivity contribution in [1.29, 1.82) is 5.26 Å². The SMILES string of the molecule is COC(=O)C(C)Oc1ccc(Oc2nc(C)c(C#N)cc2Cl)cc1. The van der Waals surface area contributed by atoms with Crippen molar-refractivity contribution in [3.05, 3.63) is 46.6 Å². The summed E-state index contributed by atoms with van der Waals surface area (Å²) in [6, 6.07) is 10.1. The fourth-order valence-corrected chi connectivity index (χ4v) is 2.05. The Morgan fingerprint density at radius 3 is 2.50 bits per heavy atom. The van der Waals surface area contributed by atoms with Gasteiger partial charge in [-0.05, 0) is 44.2 Å². The molecule has 0 radical (unpaired) electrons. The molecule has 24 heavy (non-hydrogen) atoms. The number of hydrogen-bond acceptors (Lipinski definition) is 6. The fourth-order valence-electron chi connectivity index (χ4n) is 1.86. The second-order valence-electron chi connectivity index (χ2n) is 4.88. The number of carbonyl (C=O) groups is 1. The molecule has 0 N–H and O–H groups in total. The van der Waals surface area contributed by atoms with E-state index in [4.69, 9.17) is 26.3 Å². The number of hydrogen-bond donors (Lipinski definition) is 0. The van der Waals surface area contributed by atoms with Gasteiger partial charge in [-0.25, -0.2) is 9.78 Å². The van der Waals surface area contributed by atoms with Gasteiger partial charge in [-0.3, -0.25) is 0 Å². The molecule has 2 aromatic rings. The van der Waals surface area contributed by atoms with Gasteiger partial charge in [0.05, 0.1) is 18.4 Å². The minimum Gasteiger partial charge on any atom is -0.479 e. The lowest BCUT2D eigenvalue weighted by Crippen LogP contribution is -2.24. The van der Waals surface area contributed by atoms with E-state index in [0.717, 1.165) is 0 Å². The van der Waals surface area contributed by atoms with Crippen LogP contribution in [0.2, 0.25) is 5.02 Å². The number of carbonyl (C=O) groups excluding carboxylic acids is 1. The third kappa shape index (κ3) is 4.15. The molecule has 0 fully saturated rings. The maximum absolute atomic E-state index is 11.3. The smallest absolute Gasteiger partial charge is 0.346 e. The Bertz CT molecular complexity index is 784. The number of methoxy groups -OCH3 is 1. The van der Waals surface area contributed by atoms with E-state index in [1.807, 2.05) is 6.07 Å². The monoisotopic (exact) mass is 346 g/mol. The molecule has 0 aliphatic heterocycles. The van der Waals surface area contributed by atoms with Crippen LogP contribution in [0.3, 0.4) is 0 Å². The number of halogens is 1. The lowest BCUT2D eigenvalue weighted by molar-refractivity contribution is -0.147. The predicted molar refractivity (Wildman–Crippen MR) is 87.3 cm³/mol. The second-order valence-corrected chi connectivity index (χ2v) is 5.28. The first-order chi connectivity index (χ1) is 11.4. The molecule has 0 saturated carbocycles. The van der Waals surface area contributed by atoms with Gasteiger partial charge in [-0.15, -0.1) is 0 Å². The van der Waals surface area contributed by atoms with Crippen molar-refractivity contribution >= 4 is 17.6 Å². The number of benzene rings is 1. The lowest BCUT2D eigenvalue weighted by Gasteiger charge is -2.13. The highest BCUT2D eigenvalue weighted by Crippen LogP contribution is 2.30. The number of esters is 1. The van der Waals surface area contributed by atoms with Crippen molar-refractivity contribution in [2.45, 2.75) is 20.0 Å². The Morgan fingerprint density at radius 2 is 1.92 bits per heavy atom. The number of pyridine rings is 1. The molecule has 2 rings (SSSR count). The summed E-state index contributed by atoms with van der Waals surface area (Å²) >= 11 is 6.07. The summed E-state index contributed by atoms with van der Waals surface area (Å²) in [6.07, 6.45) is -0.709. The topological polar surface area (TPSA) is 81.4 Å². The first-order valence-electron chi connectivity index (χ1n) is 7.04. The van der Waals surface area contributed by atoms with E-state index in [-0.39, 0.29) is 10.9 Å². The van der Waals surface area contributed by atoms with Gasteiger partial charge in [0.1, 0.15) is 22.6 Å². The van der Waals surface area contributed by atoms with Gasteiger partial charge in [0.2, 0.25) is 5.88 Å². The van der Waals surface area contributed by atoms with Crippen LogP contribution >= 0.6 is 11.6 Å². The van der Waals surface area contributed by atoms with Gasteiger partial charge in [0.25, 0.3) is 0 Å². The summed E-state index contributed by atoms with van der Waals surface area (Å²) in [4.78, 5) is 15.5. The van der Waals surface area contributed by atoms with Crippen LogP contribution in [-0.4, -0.2) is 24.2 Å². The van der Waals surface area contributed by atoms with E-state index < -0.39 is 12.1 Å². The normalized spacial score (nSPS) is 11.3. The maximum Gasteiger partial charge on any atom is 0.346 e. The first kappa shape index (κ1) is 17.6. The first-order valence-corrected chi connectivity index (χ1v) is 7.42. The Morgan fingerprint density at radius 1 is 1.29 bits per heavy atom. The van der Waals surface area contributed by atoms with Crippen LogP contribution in [0.15, 0.2) is 30.3 Å². The molecule has 0 amide bonds. The Balaban J connectivity index is 2.11. The summed E-state index contributed by atoms with van der Waals surface area (Å²) in [5, 5.41) is 9.19. The summed E-state index contributed by atoms with van der Waals surface area (Å²) in [7, 11) is 1.30. The highest BCUT2D eigenvalue weighted by molar-refractivity contribution is 6.32. The number of rotatable bonds is 5. The van der Waals surface area contributed by atoms with Gasteiger partial charge >= 0.3 is 5.97 Å². The van der Waals surface area contributed by atoms with Crippen molar-refractivity contribution in [3.8, 4) is 23.4 Å².